The fraction of sp³-hybridized carbons (Fsp3) is 0.231. The van der Waals surface area contributed by atoms with Gasteiger partial charge in [-0.3, -0.25) is 0 Å². The van der Waals surface area contributed by atoms with Crippen LogP contribution in [-0.2, 0) is 0 Å². The first-order chi connectivity index (χ1) is 9.40. The van der Waals surface area contributed by atoms with Crippen LogP contribution in [0.4, 0.5) is 0 Å². The monoisotopic (exact) mass is 273 g/mol. The number of fused-ring (bicyclic) bond motifs is 2. The Morgan fingerprint density at radius 3 is 2.79 bits per heavy atom. The Balaban J connectivity index is 1.86. The highest BCUT2D eigenvalue weighted by atomic mass is 32.1. The van der Waals surface area contributed by atoms with Crippen LogP contribution in [0.1, 0.15) is 6.42 Å². The quantitative estimate of drug-likeness (QED) is 0.740. The van der Waals surface area contributed by atoms with E-state index in [4.69, 9.17) is 9.47 Å². The van der Waals surface area contributed by atoms with Crippen molar-refractivity contribution in [2.24, 2.45) is 0 Å². The van der Waals surface area contributed by atoms with E-state index < -0.39 is 0 Å². The Morgan fingerprint density at radius 2 is 2.00 bits per heavy atom. The Hall–Kier alpha value is -2.08. The van der Waals surface area contributed by atoms with Gasteiger partial charge in [0.15, 0.2) is 17.3 Å². The van der Waals surface area contributed by atoms with Crippen LogP contribution in [-0.4, -0.2) is 28.2 Å². The summed E-state index contributed by atoms with van der Waals surface area (Å²) in [6.45, 7) is 1.37. The largest absolute Gasteiger partial charge is 0.489 e. The average molecular weight is 273 g/mol. The fourth-order valence-electron chi connectivity index (χ4n) is 2.12. The van der Waals surface area contributed by atoms with Gasteiger partial charge >= 0.3 is 0 Å². The maximum absolute atomic E-state index is 5.67. The number of thiazole rings is 1. The minimum Gasteiger partial charge on any atom is -0.489 e. The minimum absolute atomic E-state index is 0.682. The van der Waals surface area contributed by atoms with Gasteiger partial charge in [-0.05, 0) is 0 Å². The third-order valence-corrected chi connectivity index (χ3v) is 3.61. The van der Waals surface area contributed by atoms with Crippen molar-refractivity contribution < 1.29 is 9.47 Å². The number of hydrogen-bond donors (Lipinski definition) is 1. The lowest BCUT2D eigenvalue weighted by Crippen LogP contribution is -1.97. The van der Waals surface area contributed by atoms with Gasteiger partial charge in [0.05, 0.1) is 29.8 Å². The lowest BCUT2D eigenvalue weighted by Gasteiger charge is -2.05. The molecule has 5 nitrogen and oxygen atoms in total. The summed E-state index contributed by atoms with van der Waals surface area (Å²) in [5.41, 5.74) is 4.46. The molecule has 4 rings (SSSR count). The molecule has 0 aliphatic carbocycles. The maximum atomic E-state index is 5.67. The number of nitrogens with zero attached hydrogens (tertiary/aromatic N) is 2. The highest BCUT2D eigenvalue weighted by Crippen LogP contribution is 2.34. The molecular weight excluding hydrogens is 262 g/mol. The molecule has 96 valence electrons. The van der Waals surface area contributed by atoms with Crippen molar-refractivity contribution >= 4 is 22.4 Å². The Morgan fingerprint density at radius 1 is 1.16 bits per heavy atom. The second kappa shape index (κ2) is 4.24. The predicted octanol–water partition coefficient (Wildman–Crippen LogP) is 2.85. The first-order valence-electron chi connectivity index (χ1n) is 6.08. The van der Waals surface area contributed by atoms with E-state index in [2.05, 4.69) is 15.0 Å². The number of aromatic amines is 1. The topological polar surface area (TPSA) is 60.0 Å². The number of benzene rings is 1. The predicted molar refractivity (Wildman–Crippen MR) is 72.8 cm³/mol. The van der Waals surface area contributed by atoms with Gasteiger partial charge in [-0.15, -0.1) is 11.3 Å². The fourth-order valence-corrected chi connectivity index (χ4v) is 2.65. The highest BCUT2D eigenvalue weighted by molar-refractivity contribution is 7.07. The number of nitrogens with one attached hydrogen (secondary N) is 1. The van der Waals surface area contributed by atoms with E-state index in [0.717, 1.165) is 40.5 Å². The molecule has 1 N–H and O–H groups in total. The van der Waals surface area contributed by atoms with Crippen LogP contribution in [0.15, 0.2) is 23.0 Å². The van der Waals surface area contributed by atoms with Crippen LogP contribution in [0.25, 0.3) is 22.6 Å². The number of imidazole rings is 1. The summed E-state index contributed by atoms with van der Waals surface area (Å²) in [4.78, 5) is 12.1. The van der Waals surface area contributed by atoms with E-state index in [9.17, 15) is 0 Å². The van der Waals surface area contributed by atoms with E-state index in [1.54, 1.807) is 16.8 Å². The van der Waals surface area contributed by atoms with Crippen molar-refractivity contribution in [3.8, 4) is 23.0 Å². The van der Waals surface area contributed by atoms with Crippen molar-refractivity contribution in [2.75, 3.05) is 13.2 Å². The summed E-state index contributed by atoms with van der Waals surface area (Å²) in [6.07, 6.45) is 0.903. The molecule has 6 heteroatoms. The van der Waals surface area contributed by atoms with E-state index in [-0.39, 0.29) is 0 Å². The van der Waals surface area contributed by atoms with Crippen molar-refractivity contribution in [3.63, 3.8) is 0 Å². The molecule has 3 aromatic rings. The summed E-state index contributed by atoms with van der Waals surface area (Å²) >= 11 is 1.55. The third-order valence-electron chi connectivity index (χ3n) is 3.03. The maximum Gasteiger partial charge on any atom is 0.163 e. The molecule has 2 aromatic heterocycles. The lowest BCUT2D eigenvalue weighted by atomic mass is 10.3. The van der Waals surface area contributed by atoms with Gasteiger partial charge in [0.25, 0.3) is 0 Å². The molecule has 0 fully saturated rings. The zero-order chi connectivity index (χ0) is 12.7. The first kappa shape index (κ1) is 10.8. The second-order valence-corrected chi connectivity index (χ2v) is 5.04. The number of rotatable bonds is 1. The van der Waals surface area contributed by atoms with Gasteiger partial charge in [0, 0.05) is 23.9 Å². The molecule has 0 atom stereocenters. The summed E-state index contributed by atoms with van der Waals surface area (Å²) in [5, 5.41) is 1.97. The summed E-state index contributed by atoms with van der Waals surface area (Å²) in [7, 11) is 0. The number of H-pyrrole nitrogens is 1. The molecule has 0 spiro atoms. The second-order valence-electron chi connectivity index (χ2n) is 4.33. The summed E-state index contributed by atoms with van der Waals surface area (Å²) in [5.74, 6) is 2.32. The molecule has 1 aliphatic rings. The molecule has 0 saturated carbocycles. The van der Waals surface area contributed by atoms with Gasteiger partial charge in [0.1, 0.15) is 5.69 Å². The molecule has 0 radical (unpaired) electrons. The summed E-state index contributed by atoms with van der Waals surface area (Å²) in [6, 6.07) is 3.86. The molecule has 0 unspecified atom stereocenters. The smallest absolute Gasteiger partial charge is 0.163 e. The molecule has 0 amide bonds. The Labute approximate surface area is 113 Å². The minimum atomic E-state index is 0.682. The Kier molecular flexibility index (Phi) is 2.41. The molecule has 1 aliphatic heterocycles. The lowest BCUT2D eigenvalue weighted by molar-refractivity contribution is 0.297. The van der Waals surface area contributed by atoms with Crippen molar-refractivity contribution in [1.82, 2.24) is 15.0 Å². The van der Waals surface area contributed by atoms with Crippen LogP contribution in [0, 0.1) is 0 Å². The highest BCUT2D eigenvalue weighted by Gasteiger charge is 2.14. The van der Waals surface area contributed by atoms with Gasteiger partial charge in [-0.25, -0.2) is 9.97 Å². The van der Waals surface area contributed by atoms with Crippen molar-refractivity contribution in [3.05, 3.63) is 23.0 Å². The number of aromatic nitrogens is 3. The van der Waals surface area contributed by atoms with E-state index in [0.29, 0.717) is 13.2 Å². The first-order valence-corrected chi connectivity index (χ1v) is 7.02. The van der Waals surface area contributed by atoms with Crippen LogP contribution < -0.4 is 9.47 Å². The Bertz CT molecular complexity index is 678. The zero-order valence-corrected chi connectivity index (χ0v) is 10.9. The van der Waals surface area contributed by atoms with Crippen molar-refractivity contribution in [1.29, 1.82) is 0 Å². The normalized spacial score (nSPS) is 14.5. The molecule has 1 aromatic carbocycles. The molecule has 0 saturated heterocycles. The number of hydrogen-bond acceptors (Lipinski definition) is 5. The van der Waals surface area contributed by atoms with Gasteiger partial charge in [-0.1, -0.05) is 0 Å². The molecule has 19 heavy (non-hydrogen) atoms. The van der Waals surface area contributed by atoms with Crippen LogP contribution in [0.5, 0.6) is 11.5 Å². The average Bonchev–Trinajstić information content (AvgIpc) is 3.01. The number of ether oxygens (including phenoxy) is 2. The summed E-state index contributed by atoms with van der Waals surface area (Å²) < 4.78 is 11.3. The van der Waals surface area contributed by atoms with Crippen molar-refractivity contribution in [2.45, 2.75) is 6.42 Å². The standard InChI is InChI=1S/C13H11N3O2S/c1-2-17-11-4-8-9(5-12(11)18-3-1)16-13(15-8)10-6-19-7-14-10/h4-7H,1-3H2,(H,15,16). The SMILES string of the molecule is c1nc(-c2nc3cc4c(cc3[nH]2)OCCCO4)cs1. The van der Waals surface area contributed by atoms with Crippen LogP contribution in [0.3, 0.4) is 0 Å². The zero-order valence-electron chi connectivity index (χ0n) is 10.0. The van der Waals surface area contributed by atoms with Crippen LogP contribution >= 0.6 is 11.3 Å². The van der Waals surface area contributed by atoms with Gasteiger partial charge in [0.2, 0.25) is 0 Å². The van der Waals surface area contributed by atoms with Gasteiger partial charge < -0.3 is 14.5 Å². The van der Waals surface area contributed by atoms with E-state index >= 15 is 0 Å². The van der Waals surface area contributed by atoms with Gasteiger partial charge in [-0.2, -0.15) is 0 Å². The molecule has 3 heterocycles. The third kappa shape index (κ3) is 1.84. The molecular formula is C13H11N3O2S. The van der Waals surface area contributed by atoms with E-state index in [1.165, 1.54) is 0 Å². The van der Waals surface area contributed by atoms with E-state index in [1.807, 2.05) is 17.5 Å². The van der Waals surface area contributed by atoms with Crippen LogP contribution in [0.2, 0.25) is 0 Å². The molecule has 0 bridgehead atoms.